The van der Waals surface area contributed by atoms with Gasteiger partial charge in [-0.05, 0) is 124 Å². The molecule has 61 heavy (non-hydrogen) atoms. The van der Waals surface area contributed by atoms with Gasteiger partial charge in [0, 0.05) is 16.0 Å². The highest BCUT2D eigenvalue weighted by Gasteiger charge is 2.33. The maximum atomic E-state index is 14.1. The van der Waals surface area contributed by atoms with Crippen LogP contribution < -0.4 is 15.9 Å². The molecule has 0 saturated heterocycles. The first-order chi connectivity index (χ1) is 29.6. The normalized spacial score (nSPS) is 12.1. The van der Waals surface area contributed by atoms with Crippen molar-refractivity contribution in [2.45, 2.75) is 32.6 Å². The smallest absolute Gasteiger partial charge is 0.282 e. The van der Waals surface area contributed by atoms with E-state index < -0.39 is 18.0 Å². The zero-order valence-corrected chi connectivity index (χ0v) is 36.3. The van der Waals surface area contributed by atoms with Crippen LogP contribution in [0.4, 0.5) is 0 Å². The number of hydrogen-bond donors (Lipinski definition) is 1. The molecule has 0 aliphatic heterocycles. The first kappa shape index (κ1) is 40.0. The van der Waals surface area contributed by atoms with Crippen LogP contribution in [0.25, 0.3) is 66.4 Å². The Morgan fingerprint density at radius 2 is 0.803 bits per heavy atom. The first-order valence-corrected chi connectivity index (χ1v) is 23.3. The zero-order valence-electron chi connectivity index (χ0n) is 34.6. The Labute approximate surface area is 360 Å². The largest absolute Gasteiger partial charge is 0.295 e. The lowest BCUT2D eigenvalue weighted by atomic mass is 9.87. The minimum Gasteiger partial charge on any atom is -0.282 e. The van der Waals surface area contributed by atoms with Gasteiger partial charge in [0.05, 0.1) is 0 Å². The Hall–Kier alpha value is -6.42. The first-order valence-electron chi connectivity index (χ1n) is 20.5. The molecule has 9 aromatic rings. The summed E-state index contributed by atoms with van der Waals surface area (Å²) in [5.41, 5.74) is 15.3. The van der Waals surface area contributed by atoms with E-state index in [2.05, 4.69) is 155 Å². The Kier molecular flexibility index (Phi) is 10.9. The fourth-order valence-electron chi connectivity index (χ4n) is 8.79. The van der Waals surface area contributed by atoms with Gasteiger partial charge in [-0.2, -0.15) is 8.42 Å². The second-order valence-electron chi connectivity index (χ2n) is 15.6. The zero-order chi connectivity index (χ0) is 42.3. The summed E-state index contributed by atoms with van der Waals surface area (Å²) >= 11 is 0. The molecule has 9 rings (SSSR count). The standard InChI is InChI=1S/C56H45O3PS/c1-37-19-16-30-43(39(37)3)47-26-10-12-28-49(47)51-32-18-33-52(50-29-13-11-27-48(50)44-31-17-20-38(2)40(44)4)55(51)60(53-34-15-14-24-45(53)41-21-6-5-7-22-41)54-36-35-42-23-8-9-25-46(42)56(54)61(57,58)59/h5-36H,1-4H3,(H,57,58,59). The SMILES string of the molecule is Cc1cccc(-c2ccccc2-c2cccc(-c3ccccc3-c3cccc(C)c3C)c2P(c2ccccc2-c2ccccc2)c2ccc3ccccc3c2S(=O)(=O)O)c1C. The highest BCUT2D eigenvalue weighted by molar-refractivity contribution is 7.88. The Bertz CT molecular complexity index is 3110. The van der Waals surface area contributed by atoms with Crippen molar-refractivity contribution < 1.29 is 13.0 Å². The van der Waals surface area contributed by atoms with Crippen molar-refractivity contribution in [2.24, 2.45) is 0 Å². The third-order valence-corrected chi connectivity index (χ3v) is 15.8. The molecule has 0 heterocycles. The summed E-state index contributed by atoms with van der Waals surface area (Å²) in [6.07, 6.45) is 0. The summed E-state index contributed by atoms with van der Waals surface area (Å²) in [5, 5.41) is 3.75. The van der Waals surface area contributed by atoms with E-state index in [9.17, 15) is 13.0 Å². The summed E-state index contributed by atoms with van der Waals surface area (Å²) in [4.78, 5) is -0.0639. The fourth-order valence-corrected chi connectivity index (χ4v) is 13.0. The van der Waals surface area contributed by atoms with Gasteiger partial charge >= 0.3 is 0 Å². The molecule has 0 radical (unpaired) electrons. The number of aryl methyl sites for hydroxylation is 2. The Morgan fingerprint density at radius 1 is 0.377 bits per heavy atom. The maximum Gasteiger partial charge on any atom is 0.295 e. The van der Waals surface area contributed by atoms with E-state index >= 15 is 0 Å². The van der Waals surface area contributed by atoms with Gasteiger partial charge in [-0.25, -0.2) is 0 Å². The van der Waals surface area contributed by atoms with Crippen LogP contribution in [-0.4, -0.2) is 13.0 Å². The predicted octanol–water partition coefficient (Wildman–Crippen LogP) is 13.4. The van der Waals surface area contributed by atoms with Crippen LogP contribution in [-0.2, 0) is 10.1 Å². The van der Waals surface area contributed by atoms with E-state index in [0.29, 0.717) is 10.7 Å². The minimum atomic E-state index is -4.76. The molecule has 0 aliphatic carbocycles. The van der Waals surface area contributed by atoms with Crippen molar-refractivity contribution >= 4 is 44.7 Å². The molecule has 0 fully saturated rings. The van der Waals surface area contributed by atoms with E-state index in [0.717, 1.165) is 71.6 Å². The summed E-state index contributed by atoms with van der Waals surface area (Å²) in [6, 6.07) is 66.6. The highest BCUT2D eigenvalue weighted by Crippen LogP contribution is 2.49. The predicted molar refractivity (Wildman–Crippen MR) is 259 cm³/mol. The molecular formula is C56H45O3PS. The van der Waals surface area contributed by atoms with Crippen LogP contribution in [0.5, 0.6) is 0 Å². The molecule has 0 spiro atoms. The monoisotopic (exact) mass is 828 g/mol. The summed E-state index contributed by atoms with van der Waals surface area (Å²) in [5.74, 6) is 0. The molecule has 298 valence electrons. The molecule has 1 N–H and O–H groups in total. The fraction of sp³-hybridized carbons (Fsp3) is 0.0714. The van der Waals surface area contributed by atoms with Crippen LogP contribution in [0, 0.1) is 27.7 Å². The van der Waals surface area contributed by atoms with Gasteiger partial charge in [0.2, 0.25) is 0 Å². The molecule has 1 atom stereocenters. The third kappa shape index (κ3) is 7.42. The van der Waals surface area contributed by atoms with Crippen molar-refractivity contribution in [3.8, 4) is 55.6 Å². The van der Waals surface area contributed by atoms with Crippen molar-refractivity contribution in [1.29, 1.82) is 0 Å². The maximum absolute atomic E-state index is 14.1. The summed E-state index contributed by atoms with van der Waals surface area (Å²) in [7, 11) is -6.53. The molecule has 5 heteroatoms. The van der Waals surface area contributed by atoms with Gasteiger partial charge in [0.15, 0.2) is 0 Å². The number of rotatable bonds is 9. The van der Waals surface area contributed by atoms with Crippen LogP contribution in [0.3, 0.4) is 0 Å². The molecular weight excluding hydrogens is 784 g/mol. The van der Waals surface area contributed by atoms with Gasteiger partial charge in [0.1, 0.15) is 4.90 Å². The minimum absolute atomic E-state index is 0.0639. The second-order valence-corrected chi connectivity index (χ2v) is 19.1. The van der Waals surface area contributed by atoms with Crippen molar-refractivity contribution in [3.05, 3.63) is 216 Å². The van der Waals surface area contributed by atoms with Crippen LogP contribution in [0.2, 0.25) is 0 Å². The molecule has 0 bridgehead atoms. The lowest BCUT2D eigenvalue weighted by molar-refractivity contribution is 0.485. The molecule has 3 nitrogen and oxygen atoms in total. The van der Waals surface area contributed by atoms with Crippen LogP contribution in [0.1, 0.15) is 22.3 Å². The van der Waals surface area contributed by atoms with Gasteiger partial charge in [-0.1, -0.05) is 194 Å². The van der Waals surface area contributed by atoms with Crippen molar-refractivity contribution in [3.63, 3.8) is 0 Å². The van der Waals surface area contributed by atoms with E-state index in [1.54, 1.807) is 6.07 Å². The second kappa shape index (κ2) is 16.6. The van der Waals surface area contributed by atoms with Gasteiger partial charge in [-0.15, -0.1) is 0 Å². The van der Waals surface area contributed by atoms with Gasteiger partial charge in [-0.3, -0.25) is 4.55 Å². The Balaban J connectivity index is 1.49. The lowest BCUT2D eigenvalue weighted by Crippen LogP contribution is -2.28. The molecule has 0 aromatic heterocycles. The summed E-state index contributed by atoms with van der Waals surface area (Å²) in [6.45, 7) is 8.65. The summed E-state index contributed by atoms with van der Waals surface area (Å²) < 4.78 is 39.6. The highest BCUT2D eigenvalue weighted by atomic mass is 32.2. The van der Waals surface area contributed by atoms with E-state index in [1.807, 2.05) is 60.7 Å². The van der Waals surface area contributed by atoms with Gasteiger partial charge < -0.3 is 0 Å². The third-order valence-electron chi connectivity index (χ3n) is 12.1. The van der Waals surface area contributed by atoms with E-state index in [4.69, 9.17) is 0 Å². The topological polar surface area (TPSA) is 54.4 Å². The van der Waals surface area contributed by atoms with E-state index in [1.165, 1.54) is 22.3 Å². The quantitative estimate of drug-likeness (QED) is 0.116. The van der Waals surface area contributed by atoms with E-state index in [-0.39, 0.29) is 4.90 Å². The van der Waals surface area contributed by atoms with Crippen LogP contribution in [0.15, 0.2) is 199 Å². The number of benzene rings is 9. The lowest BCUT2D eigenvalue weighted by Gasteiger charge is -2.30. The van der Waals surface area contributed by atoms with Crippen LogP contribution >= 0.6 is 7.92 Å². The molecule has 9 aromatic carbocycles. The van der Waals surface area contributed by atoms with Gasteiger partial charge in [0.25, 0.3) is 10.1 Å². The number of fused-ring (bicyclic) bond motifs is 1. The number of hydrogen-bond acceptors (Lipinski definition) is 2. The van der Waals surface area contributed by atoms with Crippen molar-refractivity contribution in [1.82, 2.24) is 0 Å². The Morgan fingerprint density at radius 3 is 1.36 bits per heavy atom. The average Bonchev–Trinajstić information content (AvgIpc) is 3.28. The average molecular weight is 829 g/mol. The van der Waals surface area contributed by atoms with Crippen molar-refractivity contribution in [2.75, 3.05) is 0 Å². The molecule has 0 amide bonds. The molecule has 0 saturated carbocycles. The molecule has 1 unspecified atom stereocenters. The molecule has 0 aliphatic rings.